The Hall–Kier alpha value is -2.36. The number of esters is 1. The molecule has 4 nitrogen and oxygen atoms in total. The van der Waals surface area contributed by atoms with E-state index in [1.165, 1.54) is 7.11 Å². The van der Waals surface area contributed by atoms with Crippen molar-refractivity contribution in [3.8, 4) is 0 Å². The number of hydrogen-bond donors (Lipinski definition) is 1. The molecule has 0 radical (unpaired) electrons. The first kappa shape index (κ1) is 17.5. The summed E-state index contributed by atoms with van der Waals surface area (Å²) in [5, 5.41) is 3.32. The molecule has 25 heavy (non-hydrogen) atoms. The number of ether oxygens (including phenoxy) is 1. The Balaban J connectivity index is 2.19. The van der Waals surface area contributed by atoms with Gasteiger partial charge in [-0.25, -0.2) is 4.79 Å². The van der Waals surface area contributed by atoms with Crippen LogP contribution in [0.5, 0.6) is 0 Å². The van der Waals surface area contributed by atoms with Crippen LogP contribution >= 0.6 is 0 Å². The molecule has 4 heteroatoms. The lowest BCUT2D eigenvalue weighted by molar-refractivity contribution is -0.136. The summed E-state index contributed by atoms with van der Waals surface area (Å²) in [6, 6.07) is 8.02. The van der Waals surface area contributed by atoms with Crippen LogP contribution in [-0.4, -0.2) is 18.9 Å². The van der Waals surface area contributed by atoms with Gasteiger partial charge in [-0.1, -0.05) is 43.7 Å². The average molecular weight is 339 g/mol. The number of rotatable bonds is 2. The summed E-state index contributed by atoms with van der Waals surface area (Å²) in [4.78, 5) is 25.5. The van der Waals surface area contributed by atoms with Crippen molar-refractivity contribution in [1.29, 1.82) is 0 Å². The minimum atomic E-state index is -0.389. The van der Waals surface area contributed by atoms with Crippen molar-refractivity contribution < 1.29 is 14.3 Å². The first-order valence-corrected chi connectivity index (χ1v) is 8.62. The van der Waals surface area contributed by atoms with E-state index < -0.39 is 0 Å². The van der Waals surface area contributed by atoms with Gasteiger partial charge in [0.05, 0.1) is 12.7 Å². The first-order chi connectivity index (χ1) is 11.7. The van der Waals surface area contributed by atoms with Gasteiger partial charge in [0.25, 0.3) is 0 Å². The number of nitrogens with one attached hydrogen (secondary N) is 1. The quantitative estimate of drug-likeness (QED) is 0.833. The van der Waals surface area contributed by atoms with E-state index >= 15 is 0 Å². The Labute approximate surface area is 149 Å². The van der Waals surface area contributed by atoms with Crippen LogP contribution in [0, 0.1) is 12.3 Å². The summed E-state index contributed by atoms with van der Waals surface area (Å²) in [5.74, 6) is -0.647. The van der Waals surface area contributed by atoms with Crippen LogP contribution in [0.25, 0.3) is 0 Å². The standard InChI is InChI=1S/C21H25NO3/c1-12-6-8-14(9-7-12)18-17(20(24)25-5)13(2)22-15-10-21(3,4)11-16(23)19(15)18/h6-9,18,22H,10-11H2,1-5H3/t18-/m1/s1. The number of allylic oxidation sites excluding steroid dienone is 3. The van der Waals surface area contributed by atoms with Crippen LogP contribution in [0.15, 0.2) is 46.8 Å². The van der Waals surface area contributed by atoms with Crippen LogP contribution in [0.2, 0.25) is 0 Å². The zero-order valence-corrected chi connectivity index (χ0v) is 15.5. The Bertz CT molecular complexity index is 797. The Kier molecular flexibility index (Phi) is 4.31. The number of carbonyl (C=O) groups excluding carboxylic acids is 2. The summed E-state index contributed by atoms with van der Waals surface area (Å²) in [6.07, 6.45) is 1.28. The predicted molar refractivity (Wildman–Crippen MR) is 96.8 cm³/mol. The monoisotopic (exact) mass is 339 g/mol. The topological polar surface area (TPSA) is 55.4 Å². The molecule has 0 spiro atoms. The van der Waals surface area contributed by atoms with Gasteiger partial charge in [-0.3, -0.25) is 4.79 Å². The van der Waals surface area contributed by atoms with Gasteiger partial charge in [-0.05, 0) is 31.2 Å². The number of benzene rings is 1. The molecule has 1 heterocycles. The molecule has 0 amide bonds. The molecule has 1 atom stereocenters. The molecule has 3 rings (SSSR count). The van der Waals surface area contributed by atoms with Crippen molar-refractivity contribution in [3.63, 3.8) is 0 Å². The van der Waals surface area contributed by atoms with E-state index in [1.807, 2.05) is 38.1 Å². The van der Waals surface area contributed by atoms with E-state index in [1.54, 1.807) is 0 Å². The molecule has 0 bridgehead atoms. The molecule has 0 aromatic heterocycles. The fourth-order valence-corrected chi connectivity index (χ4v) is 3.91. The van der Waals surface area contributed by atoms with E-state index in [-0.39, 0.29) is 23.1 Å². The third-order valence-corrected chi connectivity index (χ3v) is 5.06. The lowest BCUT2D eigenvalue weighted by Crippen LogP contribution is -2.38. The molecule has 132 valence electrons. The molecule has 0 saturated carbocycles. The summed E-state index contributed by atoms with van der Waals surface area (Å²) in [6.45, 7) is 8.11. The van der Waals surface area contributed by atoms with E-state index in [0.717, 1.165) is 28.9 Å². The fraction of sp³-hybridized carbons (Fsp3) is 0.429. The summed E-state index contributed by atoms with van der Waals surface area (Å²) < 4.78 is 5.02. The Morgan fingerprint density at radius 1 is 1.16 bits per heavy atom. The van der Waals surface area contributed by atoms with Crippen LogP contribution in [0.3, 0.4) is 0 Å². The summed E-state index contributed by atoms with van der Waals surface area (Å²) >= 11 is 0. The fourth-order valence-electron chi connectivity index (χ4n) is 3.91. The SMILES string of the molecule is COC(=O)C1=C(C)NC2=C(C(=O)CC(C)(C)C2)[C@@H]1c1ccc(C)cc1. The maximum atomic E-state index is 13.0. The highest BCUT2D eigenvalue weighted by molar-refractivity contribution is 6.04. The van der Waals surface area contributed by atoms with Crippen molar-refractivity contribution in [2.45, 2.75) is 46.5 Å². The normalized spacial score (nSPS) is 22.4. The van der Waals surface area contributed by atoms with Crippen molar-refractivity contribution in [2.24, 2.45) is 5.41 Å². The van der Waals surface area contributed by atoms with Gasteiger partial charge in [0.2, 0.25) is 0 Å². The number of Topliss-reactive ketones (excluding diaryl/α,β-unsaturated/α-hetero) is 1. The number of ketones is 1. The number of carbonyl (C=O) groups is 2. The highest BCUT2D eigenvalue weighted by atomic mass is 16.5. The molecular formula is C21H25NO3. The first-order valence-electron chi connectivity index (χ1n) is 8.62. The maximum absolute atomic E-state index is 13.0. The maximum Gasteiger partial charge on any atom is 0.336 e. The van der Waals surface area contributed by atoms with Crippen molar-refractivity contribution in [3.05, 3.63) is 57.9 Å². The van der Waals surface area contributed by atoms with Gasteiger partial charge in [0, 0.05) is 29.3 Å². The van der Waals surface area contributed by atoms with Gasteiger partial charge >= 0.3 is 5.97 Å². The van der Waals surface area contributed by atoms with Gasteiger partial charge in [-0.15, -0.1) is 0 Å². The molecule has 2 aliphatic rings. The average Bonchev–Trinajstić information content (AvgIpc) is 2.52. The van der Waals surface area contributed by atoms with Gasteiger partial charge < -0.3 is 10.1 Å². The number of dihydropyridines is 1. The molecule has 0 saturated heterocycles. The van der Waals surface area contributed by atoms with Crippen LogP contribution < -0.4 is 5.32 Å². The number of methoxy groups -OCH3 is 1. The van der Waals surface area contributed by atoms with Gasteiger partial charge in [-0.2, -0.15) is 0 Å². The largest absolute Gasteiger partial charge is 0.466 e. The molecular weight excluding hydrogens is 314 g/mol. The zero-order valence-electron chi connectivity index (χ0n) is 15.5. The minimum absolute atomic E-state index is 0.0796. The van der Waals surface area contributed by atoms with Crippen LogP contribution in [-0.2, 0) is 14.3 Å². The Morgan fingerprint density at radius 2 is 1.80 bits per heavy atom. The van der Waals surface area contributed by atoms with Crippen LogP contribution in [0.1, 0.15) is 50.7 Å². The number of hydrogen-bond acceptors (Lipinski definition) is 4. The van der Waals surface area contributed by atoms with Gasteiger partial charge in [0.15, 0.2) is 5.78 Å². The highest BCUT2D eigenvalue weighted by Gasteiger charge is 2.42. The molecule has 1 aliphatic heterocycles. The summed E-state index contributed by atoms with van der Waals surface area (Å²) in [7, 11) is 1.38. The third-order valence-electron chi connectivity index (χ3n) is 5.06. The predicted octanol–water partition coefficient (Wildman–Crippen LogP) is 3.77. The van der Waals surface area contributed by atoms with E-state index in [2.05, 4.69) is 19.2 Å². The van der Waals surface area contributed by atoms with Gasteiger partial charge in [0.1, 0.15) is 0 Å². The van der Waals surface area contributed by atoms with Crippen molar-refractivity contribution in [2.75, 3.05) is 7.11 Å². The van der Waals surface area contributed by atoms with Crippen molar-refractivity contribution >= 4 is 11.8 Å². The van der Waals surface area contributed by atoms with E-state index in [4.69, 9.17) is 4.74 Å². The van der Waals surface area contributed by atoms with E-state index in [9.17, 15) is 9.59 Å². The third kappa shape index (κ3) is 3.13. The smallest absolute Gasteiger partial charge is 0.336 e. The molecule has 1 aromatic rings. The second-order valence-electron chi connectivity index (χ2n) is 7.83. The molecule has 1 aromatic carbocycles. The molecule has 1 aliphatic carbocycles. The Morgan fingerprint density at radius 3 is 2.40 bits per heavy atom. The molecule has 0 unspecified atom stereocenters. The van der Waals surface area contributed by atoms with Crippen molar-refractivity contribution in [1.82, 2.24) is 5.32 Å². The molecule has 1 N–H and O–H groups in total. The second kappa shape index (κ2) is 6.17. The lowest BCUT2D eigenvalue weighted by atomic mass is 9.68. The zero-order chi connectivity index (χ0) is 18.4. The van der Waals surface area contributed by atoms with Crippen LogP contribution in [0.4, 0.5) is 0 Å². The molecule has 0 fully saturated rings. The highest BCUT2D eigenvalue weighted by Crippen LogP contribution is 2.46. The number of aryl methyl sites for hydroxylation is 1. The second-order valence-corrected chi connectivity index (χ2v) is 7.83. The summed E-state index contributed by atoms with van der Waals surface area (Å²) in [5.41, 5.74) is 4.96. The van der Waals surface area contributed by atoms with E-state index in [0.29, 0.717) is 17.6 Å². The minimum Gasteiger partial charge on any atom is -0.466 e. The lowest BCUT2D eigenvalue weighted by Gasteiger charge is -2.39.